The number of aromatic nitrogens is 1. The van der Waals surface area contributed by atoms with Crippen LogP contribution in [0.15, 0.2) is 170 Å². The summed E-state index contributed by atoms with van der Waals surface area (Å²) in [4.78, 5) is 0. The van der Waals surface area contributed by atoms with Crippen molar-refractivity contribution in [3.05, 3.63) is 175 Å². The Morgan fingerprint density at radius 1 is 0.341 bits per heavy atom. The first-order valence-corrected chi connectivity index (χ1v) is 15.3. The van der Waals surface area contributed by atoms with E-state index < -0.39 is 0 Å². The van der Waals surface area contributed by atoms with Crippen molar-refractivity contribution in [1.29, 1.82) is 0 Å². The molecule has 7 aromatic carbocycles. The number of nitrogens with zero attached hydrogens (tertiary/aromatic N) is 1. The molecule has 0 radical (unpaired) electrons. The Hall–Kier alpha value is -5.37. The molecule has 1 nitrogen and oxygen atoms in total. The van der Waals surface area contributed by atoms with Crippen LogP contribution in [-0.4, -0.2) is 4.57 Å². The molecule has 0 fully saturated rings. The van der Waals surface area contributed by atoms with Crippen LogP contribution in [-0.2, 0) is 0 Å². The van der Waals surface area contributed by atoms with Crippen molar-refractivity contribution in [3.8, 4) is 50.2 Å². The lowest BCUT2D eigenvalue weighted by Crippen LogP contribution is -2.01. The largest absolute Gasteiger partial charge is 0.309 e. The molecule has 0 spiro atoms. The Morgan fingerprint density at radius 2 is 0.773 bits per heavy atom. The molecule has 0 atom stereocenters. The average Bonchev–Trinajstić information content (AvgIpc) is 3.43. The second kappa shape index (κ2) is 11.0. The quantitative estimate of drug-likeness (QED) is 0.190. The maximum absolute atomic E-state index is 6.68. The Bertz CT molecular complexity index is 2210. The maximum Gasteiger partial charge on any atom is 0.0547 e. The zero-order valence-corrected chi connectivity index (χ0v) is 24.7. The highest BCUT2D eigenvalue weighted by molar-refractivity contribution is 6.31. The highest BCUT2D eigenvalue weighted by Crippen LogP contribution is 2.45. The van der Waals surface area contributed by atoms with E-state index in [1.165, 1.54) is 44.1 Å². The Morgan fingerprint density at radius 3 is 1.30 bits per heavy atom. The summed E-state index contributed by atoms with van der Waals surface area (Å²) in [5.41, 5.74) is 12.7. The predicted molar refractivity (Wildman–Crippen MR) is 188 cm³/mol. The molecule has 0 aliphatic heterocycles. The number of benzene rings is 7. The van der Waals surface area contributed by atoms with Gasteiger partial charge in [-0.15, -0.1) is 0 Å². The highest BCUT2D eigenvalue weighted by atomic mass is 35.5. The molecular weight excluding hydrogens is 554 g/mol. The van der Waals surface area contributed by atoms with Crippen molar-refractivity contribution in [3.63, 3.8) is 0 Å². The monoisotopic (exact) mass is 581 g/mol. The smallest absolute Gasteiger partial charge is 0.0547 e. The third-order valence-electron chi connectivity index (χ3n) is 8.48. The van der Waals surface area contributed by atoms with Crippen LogP contribution in [0.25, 0.3) is 72.0 Å². The van der Waals surface area contributed by atoms with E-state index in [-0.39, 0.29) is 0 Å². The lowest BCUT2D eigenvalue weighted by atomic mass is 9.87. The number of halogens is 1. The molecule has 0 N–H and O–H groups in total. The summed E-state index contributed by atoms with van der Waals surface area (Å²) in [5.74, 6) is 0. The molecule has 208 valence electrons. The van der Waals surface area contributed by atoms with Crippen molar-refractivity contribution in [1.82, 2.24) is 4.57 Å². The van der Waals surface area contributed by atoms with Crippen molar-refractivity contribution in [2.45, 2.75) is 0 Å². The Kier molecular flexibility index (Phi) is 6.59. The molecule has 44 heavy (non-hydrogen) atoms. The SMILES string of the molecule is Clc1ccc(-c2cc(-c3ccccc3)c(-c3ccccc3)cc2-n2c3ccccc3c3ccccc32)c(-c2ccccc2)c1. The van der Waals surface area contributed by atoms with Crippen molar-refractivity contribution < 1.29 is 0 Å². The van der Waals surface area contributed by atoms with Gasteiger partial charge in [-0.05, 0) is 75.3 Å². The van der Waals surface area contributed by atoms with Gasteiger partial charge in [-0.3, -0.25) is 0 Å². The third-order valence-corrected chi connectivity index (χ3v) is 8.72. The van der Waals surface area contributed by atoms with Crippen LogP contribution in [0.1, 0.15) is 0 Å². The fourth-order valence-corrected chi connectivity index (χ4v) is 6.66. The summed E-state index contributed by atoms with van der Waals surface area (Å²) in [5, 5.41) is 3.19. The summed E-state index contributed by atoms with van der Waals surface area (Å²) in [6, 6.07) is 60.4. The summed E-state index contributed by atoms with van der Waals surface area (Å²) < 4.78 is 2.44. The minimum Gasteiger partial charge on any atom is -0.309 e. The van der Waals surface area contributed by atoms with Crippen molar-refractivity contribution in [2.75, 3.05) is 0 Å². The lowest BCUT2D eigenvalue weighted by Gasteiger charge is -2.21. The lowest BCUT2D eigenvalue weighted by molar-refractivity contribution is 1.18. The molecule has 1 aromatic heterocycles. The van der Waals surface area contributed by atoms with Crippen LogP contribution in [0, 0.1) is 0 Å². The minimum atomic E-state index is 0.718. The molecular formula is C42H28ClN. The van der Waals surface area contributed by atoms with E-state index in [1.54, 1.807) is 0 Å². The van der Waals surface area contributed by atoms with Gasteiger partial charge in [-0.1, -0.05) is 145 Å². The highest BCUT2D eigenvalue weighted by Gasteiger charge is 2.21. The van der Waals surface area contributed by atoms with Gasteiger partial charge >= 0.3 is 0 Å². The van der Waals surface area contributed by atoms with Crippen molar-refractivity contribution >= 4 is 33.4 Å². The van der Waals surface area contributed by atoms with Gasteiger partial charge in [0.05, 0.1) is 16.7 Å². The number of hydrogen-bond donors (Lipinski definition) is 0. The Balaban J connectivity index is 1.55. The average molecular weight is 582 g/mol. The topological polar surface area (TPSA) is 4.93 Å². The molecule has 0 aliphatic rings. The summed E-state index contributed by atoms with van der Waals surface area (Å²) in [6.07, 6.45) is 0. The van der Waals surface area contributed by atoms with Gasteiger partial charge < -0.3 is 4.57 Å². The molecule has 0 saturated carbocycles. The normalized spacial score (nSPS) is 11.3. The fraction of sp³-hybridized carbons (Fsp3) is 0. The predicted octanol–water partition coefficient (Wildman–Crippen LogP) is 12.1. The van der Waals surface area contributed by atoms with Crippen molar-refractivity contribution in [2.24, 2.45) is 0 Å². The Labute approximate surface area is 262 Å². The van der Waals surface area contributed by atoms with Crippen LogP contribution in [0.4, 0.5) is 0 Å². The fourth-order valence-electron chi connectivity index (χ4n) is 6.49. The molecule has 0 unspecified atom stereocenters. The summed E-state index contributed by atoms with van der Waals surface area (Å²) >= 11 is 6.68. The van der Waals surface area contributed by atoms with Crippen LogP contribution in [0.3, 0.4) is 0 Å². The van der Waals surface area contributed by atoms with E-state index >= 15 is 0 Å². The van der Waals surface area contributed by atoms with Gasteiger partial charge in [-0.2, -0.15) is 0 Å². The molecule has 0 saturated heterocycles. The molecule has 0 aliphatic carbocycles. The van der Waals surface area contributed by atoms with Gasteiger partial charge in [0.1, 0.15) is 0 Å². The van der Waals surface area contributed by atoms with Gasteiger partial charge in [0.2, 0.25) is 0 Å². The summed E-state index contributed by atoms with van der Waals surface area (Å²) in [7, 11) is 0. The first-order valence-electron chi connectivity index (χ1n) is 14.9. The van der Waals surface area contributed by atoms with Gasteiger partial charge in [-0.25, -0.2) is 0 Å². The minimum absolute atomic E-state index is 0.718. The van der Waals surface area contributed by atoms with Crippen LogP contribution >= 0.6 is 11.6 Å². The van der Waals surface area contributed by atoms with E-state index in [0.29, 0.717) is 0 Å². The van der Waals surface area contributed by atoms with Crippen LogP contribution in [0.2, 0.25) is 5.02 Å². The standard InChI is InChI=1S/C42H28ClN/c43-32-24-25-33(36(26-32)29-14-4-1-5-15-29)39-27-37(30-16-6-2-7-17-30)38(31-18-8-3-9-19-31)28-42(39)44-40-22-12-10-20-34(40)35-21-11-13-23-41(35)44/h1-28H. The van der Waals surface area contributed by atoms with Gasteiger partial charge in [0.25, 0.3) is 0 Å². The van der Waals surface area contributed by atoms with E-state index in [0.717, 1.165) is 33.0 Å². The molecule has 0 amide bonds. The van der Waals surface area contributed by atoms with Gasteiger partial charge in [0, 0.05) is 21.4 Å². The zero-order chi connectivity index (χ0) is 29.5. The number of rotatable bonds is 5. The van der Waals surface area contributed by atoms with E-state index in [4.69, 9.17) is 11.6 Å². The number of para-hydroxylation sites is 2. The van der Waals surface area contributed by atoms with Gasteiger partial charge in [0.15, 0.2) is 0 Å². The van der Waals surface area contributed by atoms with E-state index in [1.807, 2.05) is 6.07 Å². The molecule has 8 rings (SSSR count). The second-order valence-corrected chi connectivity index (χ2v) is 11.5. The third kappa shape index (κ3) is 4.50. The maximum atomic E-state index is 6.68. The zero-order valence-electron chi connectivity index (χ0n) is 24.0. The summed E-state index contributed by atoms with van der Waals surface area (Å²) in [6.45, 7) is 0. The molecule has 1 heterocycles. The first-order chi connectivity index (χ1) is 21.8. The second-order valence-electron chi connectivity index (χ2n) is 11.1. The molecule has 0 bridgehead atoms. The number of fused-ring (bicyclic) bond motifs is 3. The van der Waals surface area contributed by atoms with E-state index in [2.05, 4.69) is 168 Å². The van der Waals surface area contributed by atoms with E-state index in [9.17, 15) is 0 Å². The molecule has 2 heteroatoms. The molecule has 8 aromatic rings. The van der Waals surface area contributed by atoms with Crippen LogP contribution in [0.5, 0.6) is 0 Å². The first kappa shape index (κ1) is 26.3. The van der Waals surface area contributed by atoms with Crippen LogP contribution < -0.4 is 0 Å². The number of hydrogen-bond acceptors (Lipinski definition) is 0.